The lowest BCUT2D eigenvalue weighted by molar-refractivity contribution is -0.118. The van der Waals surface area contributed by atoms with Crippen LogP contribution < -0.4 is 11.1 Å². The van der Waals surface area contributed by atoms with E-state index < -0.39 is 0 Å². The number of thiocarbonyl (C=S) groups is 1. The molecule has 0 radical (unpaired) electrons. The van der Waals surface area contributed by atoms with Gasteiger partial charge in [-0.25, -0.2) is 0 Å². The van der Waals surface area contributed by atoms with Gasteiger partial charge in [0, 0.05) is 23.8 Å². The highest BCUT2D eigenvalue weighted by Crippen LogP contribution is 2.21. The highest BCUT2D eigenvalue weighted by molar-refractivity contribution is 7.80. The van der Waals surface area contributed by atoms with Crippen LogP contribution in [0.2, 0.25) is 0 Å². The molecule has 2 rings (SSSR count). The molecule has 0 spiro atoms. The van der Waals surface area contributed by atoms with Gasteiger partial charge in [0.1, 0.15) is 4.99 Å². The maximum absolute atomic E-state index is 12.2. The summed E-state index contributed by atoms with van der Waals surface area (Å²) in [6, 6.07) is 7.81. The van der Waals surface area contributed by atoms with Crippen LogP contribution in [-0.4, -0.2) is 34.9 Å². The minimum absolute atomic E-state index is 0.0102. The summed E-state index contributed by atoms with van der Waals surface area (Å²) in [6.45, 7) is 5.85. The van der Waals surface area contributed by atoms with Crippen LogP contribution in [0.15, 0.2) is 24.3 Å². The smallest absolute Gasteiger partial charge is 0.238 e. The second kappa shape index (κ2) is 7.00. The Morgan fingerprint density at radius 3 is 2.90 bits per heavy atom. The fraction of sp³-hybridized carbons (Fsp3) is 0.500. The fourth-order valence-corrected chi connectivity index (χ4v) is 2.86. The van der Waals surface area contributed by atoms with Crippen molar-refractivity contribution in [3.8, 4) is 0 Å². The first-order valence-electron chi connectivity index (χ1n) is 7.39. The largest absolute Gasteiger partial charge is 0.389 e. The van der Waals surface area contributed by atoms with E-state index in [2.05, 4.69) is 24.1 Å². The van der Waals surface area contributed by atoms with Gasteiger partial charge in [-0.3, -0.25) is 9.69 Å². The van der Waals surface area contributed by atoms with Crippen LogP contribution in [-0.2, 0) is 4.79 Å². The summed E-state index contributed by atoms with van der Waals surface area (Å²) in [5.41, 5.74) is 7.11. The SMILES string of the molecule is CC1CCC(C)N(CC(=O)Nc2cccc(C(N)=S)c2)C1. The number of hydrogen-bond acceptors (Lipinski definition) is 3. The van der Waals surface area contributed by atoms with E-state index in [1.165, 1.54) is 6.42 Å². The number of likely N-dealkylation sites (tertiary alicyclic amines) is 1. The molecule has 1 aliphatic rings. The Hall–Kier alpha value is -1.46. The quantitative estimate of drug-likeness (QED) is 0.839. The van der Waals surface area contributed by atoms with Crippen LogP contribution >= 0.6 is 12.2 Å². The van der Waals surface area contributed by atoms with E-state index in [0.29, 0.717) is 23.5 Å². The van der Waals surface area contributed by atoms with Gasteiger partial charge in [-0.2, -0.15) is 0 Å². The second-order valence-electron chi connectivity index (χ2n) is 5.95. The van der Waals surface area contributed by atoms with Crippen molar-refractivity contribution in [3.63, 3.8) is 0 Å². The van der Waals surface area contributed by atoms with Gasteiger partial charge in [-0.1, -0.05) is 31.3 Å². The molecular weight excluding hydrogens is 282 g/mol. The molecule has 114 valence electrons. The first-order valence-corrected chi connectivity index (χ1v) is 7.80. The van der Waals surface area contributed by atoms with Gasteiger partial charge in [0.05, 0.1) is 6.54 Å². The number of carbonyl (C=O) groups is 1. The van der Waals surface area contributed by atoms with Gasteiger partial charge in [0.2, 0.25) is 5.91 Å². The number of nitrogens with two attached hydrogens (primary N) is 1. The number of piperidine rings is 1. The zero-order valence-electron chi connectivity index (χ0n) is 12.6. The molecule has 0 aromatic heterocycles. The molecule has 2 atom stereocenters. The van der Waals surface area contributed by atoms with Crippen LogP contribution in [0.1, 0.15) is 32.3 Å². The van der Waals surface area contributed by atoms with E-state index in [1.54, 1.807) is 0 Å². The molecule has 4 nitrogen and oxygen atoms in total. The lowest BCUT2D eigenvalue weighted by Gasteiger charge is -2.36. The zero-order valence-corrected chi connectivity index (χ0v) is 13.5. The van der Waals surface area contributed by atoms with E-state index in [1.807, 2.05) is 24.3 Å². The molecule has 1 amide bonds. The molecule has 1 saturated heterocycles. The Morgan fingerprint density at radius 1 is 1.43 bits per heavy atom. The van der Waals surface area contributed by atoms with Crippen molar-refractivity contribution in [3.05, 3.63) is 29.8 Å². The van der Waals surface area contributed by atoms with Crippen molar-refractivity contribution in [1.29, 1.82) is 0 Å². The molecule has 3 N–H and O–H groups in total. The number of carbonyl (C=O) groups excluding carboxylic acids is 1. The minimum atomic E-state index is 0.0102. The Kier molecular flexibility index (Phi) is 5.31. The number of nitrogens with one attached hydrogen (secondary N) is 1. The van der Waals surface area contributed by atoms with Crippen molar-refractivity contribution in [2.24, 2.45) is 11.7 Å². The fourth-order valence-electron chi connectivity index (χ4n) is 2.74. The van der Waals surface area contributed by atoms with Crippen LogP contribution in [0.3, 0.4) is 0 Å². The van der Waals surface area contributed by atoms with Crippen LogP contribution in [0.4, 0.5) is 5.69 Å². The normalized spacial score (nSPS) is 22.8. The monoisotopic (exact) mass is 305 g/mol. The molecule has 1 fully saturated rings. The maximum Gasteiger partial charge on any atom is 0.238 e. The number of nitrogens with zero attached hydrogens (tertiary/aromatic N) is 1. The number of hydrogen-bond donors (Lipinski definition) is 2. The topological polar surface area (TPSA) is 58.4 Å². The summed E-state index contributed by atoms with van der Waals surface area (Å²) >= 11 is 4.95. The molecule has 5 heteroatoms. The third-order valence-corrected chi connectivity index (χ3v) is 4.26. The molecule has 1 aliphatic heterocycles. The Balaban J connectivity index is 1.95. The van der Waals surface area contributed by atoms with E-state index >= 15 is 0 Å². The average molecular weight is 305 g/mol. The number of amides is 1. The van der Waals surface area contributed by atoms with E-state index in [9.17, 15) is 4.79 Å². The van der Waals surface area contributed by atoms with Crippen LogP contribution in [0.25, 0.3) is 0 Å². The molecule has 0 bridgehead atoms. The lowest BCUT2D eigenvalue weighted by atomic mass is 9.95. The molecule has 0 saturated carbocycles. The first-order chi connectivity index (χ1) is 9.95. The Bertz CT molecular complexity index is 532. The molecule has 1 heterocycles. The zero-order chi connectivity index (χ0) is 15.4. The molecule has 2 unspecified atom stereocenters. The summed E-state index contributed by atoms with van der Waals surface area (Å²) in [5, 5.41) is 2.92. The highest BCUT2D eigenvalue weighted by atomic mass is 32.1. The molecule has 1 aromatic carbocycles. The predicted molar refractivity (Wildman–Crippen MR) is 90.4 cm³/mol. The summed E-state index contributed by atoms with van der Waals surface area (Å²) < 4.78 is 0. The first kappa shape index (κ1) is 15.9. The summed E-state index contributed by atoms with van der Waals surface area (Å²) in [7, 11) is 0. The average Bonchev–Trinajstić information content (AvgIpc) is 2.43. The standard InChI is InChI=1S/C16H23N3OS/c1-11-6-7-12(2)19(9-11)10-15(20)18-14-5-3-4-13(8-14)16(17)21/h3-5,8,11-12H,6-7,9-10H2,1-2H3,(H2,17,21)(H,18,20). The van der Waals surface area contributed by atoms with E-state index in [-0.39, 0.29) is 5.91 Å². The van der Waals surface area contributed by atoms with E-state index in [0.717, 1.165) is 24.2 Å². The number of rotatable bonds is 4. The lowest BCUT2D eigenvalue weighted by Crippen LogP contribution is -2.45. The molecule has 0 aliphatic carbocycles. The maximum atomic E-state index is 12.2. The highest BCUT2D eigenvalue weighted by Gasteiger charge is 2.24. The molecule has 1 aromatic rings. The number of anilines is 1. The molecular formula is C16H23N3OS. The van der Waals surface area contributed by atoms with Crippen LogP contribution in [0.5, 0.6) is 0 Å². The Morgan fingerprint density at radius 2 is 2.19 bits per heavy atom. The minimum Gasteiger partial charge on any atom is -0.389 e. The van der Waals surface area contributed by atoms with Gasteiger partial charge in [0.25, 0.3) is 0 Å². The summed E-state index contributed by atoms with van der Waals surface area (Å²) in [4.78, 5) is 14.8. The number of benzene rings is 1. The van der Waals surface area contributed by atoms with Crippen LogP contribution in [0, 0.1) is 5.92 Å². The van der Waals surface area contributed by atoms with Gasteiger partial charge >= 0.3 is 0 Å². The van der Waals surface area contributed by atoms with Crippen molar-refractivity contribution in [2.75, 3.05) is 18.4 Å². The summed E-state index contributed by atoms with van der Waals surface area (Å²) in [5.74, 6) is 0.669. The second-order valence-corrected chi connectivity index (χ2v) is 6.39. The van der Waals surface area contributed by atoms with Crippen molar-refractivity contribution in [2.45, 2.75) is 32.7 Å². The van der Waals surface area contributed by atoms with E-state index in [4.69, 9.17) is 18.0 Å². The summed E-state index contributed by atoms with van der Waals surface area (Å²) in [6.07, 6.45) is 2.40. The van der Waals surface area contributed by atoms with Crippen molar-refractivity contribution < 1.29 is 4.79 Å². The van der Waals surface area contributed by atoms with Gasteiger partial charge < -0.3 is 11.1 Å². The van der Waals surface area contributed by atoms with Gasteiger partial charge in [-0.05, 0) is 37.8 Å². The van der Waals surface area contributed by atoms with Gasteiger partial charge in [-0.15, -0.1) is 0 Å². The van der Waals surface area contributed by atoms with Crippen molar-refractivity contribution in [1.82, 2.24) is 4.90 Å². The predicted octanol–water partition coefficient (Wildman–Crippen LogP) is 2.38. The molecule has 21 heavy (non-hydrogen) atoms. The third kappa shape index (κ3) is 4.51. The third-order valence-electron chi connectivity index (χ3n) is 4.02. The Labute approximate surface area is 131 Å². The van der Waals surface area contributed by atoms with Gasteiger partial charge in [0.15, 0.2) is 0 Å². The van der Waals surface area contributed by atoms with Crippen molar-refractivity contribution >= 4 is 28.8 Å².